The molecule has 0 saturated carbocycles. The number of hydrogen-bond acceptors (Lipinski definition) is 5. The second-order valence-corrected chi connectivity index (χ2v) is 7.53. The van der Waals surface area contributed by atoms with Gasteiger partial charge in [-0.15, -0.1) is 0 Å². The number of ketones is 1. The number of Topliss-reactive ketones (excluding diaryl/α,β-unsaturated/α-hetero) is 1. The molecule has 1 aliphatic rings. The van der Waals surface area contributed by atoms with Crippen molar-refractivity contribution in [2.75, 3.05) is 6.61 Å². The van der Waals surface area contributed by atoms with E-state index in [1.807, 2.05) is 32.9 Å². The van der Waals surface area contributed by atoms with Crippen LogP contribution in [-0.4, -0.2) is 40.3 Å². The number of aliphatic hydroxyl groups excluding tert-OH is 1. The average Bonchev–Trinajstić information content (AvgIpc) is 2.56. The minimum absolute atomic E-state index is 0.0250. The molecule has 0 unspecified atom stereocenters. The summed E-state index contributed by atoms with van der Waals surface area (Å²) in [6.45, 7) is 12.3. The number of rotatable bonds is 2. The third-order valence-electron chi connectivity index (χ3n) is 4.76. The van der Waals surface area contributed by atoms with E-state index in [-0.39, 0.29) is 12.3 Å². The number of allylic oxidation sites excluding steroid dienone is 3. The average molecular weight is 364 g/mol. The Balaban J connectivity index is 3.32. The predicted molar refractivity (Wildman–Crippen MR) is 101 cm³/mol. The number of carbonyl (C=O) groups is 2. The Bertz CT molecular complexity index is 616. The zero-order valence-corrected chi connectivity index (χ0v) is 16.5. The van der Waals surface area contributed by atoms with Crippen LogP contribution in [0.25, 0.3) is 0 Å². The van der Waals surface area contributed by atoms with Gasteiger partial charge in [-0.25, -0.2) is 0 Å². The van der Waals surface area contributed by atoms with Crippen molar-refractivity contribution in [1.29, 1.82) is 0 Å². The normalized spacial score (nSPS) is 36.4. The number of cyclic esters (lactones) is 1. The van der Waals surface area contributed by atoms with Crippen LogP contribution in [0.5, 0.6) is 0 Å². The van der Waals surface area contributed by atoms with E-state index in [1.165, 1.54) is 6.92 Å². The Morgan fingerprint density at radius 2 is 1.92 bits per heavy atom. The maximum Gasteiger partial charge on any atom is 0.316 e. The van der Waals surface area contributed by atoms with Gasteiger partial charge in [0, 0.05) is 6.42 Å². The van der Waals surface area contributed by atoms with Crippen molar-refractivity contribution in [3.05, 3.63) is 35.5 Å². The Kier molecular flexibility index (Phi) is 7.97. The molecule has 26 heavy (non-hydrogen) atoms. The van der Waals surface area contributed by atoms with Crippen molar-refractivity contribution >= 4 is 11.8 Å². The lowest BCUT2D eigenvalue weighted by atomic mass is 9.84. The number of aliphatic hydroxyl groups is 2. The lowest BCUT2D eigenvalue weighted by Crippen LogP contribution is -2.48. The topological polar surface area (TPSA) is 83.8 Å². The van der Waals surface area contributed by atoms with Gasteiger partial charge in [0.1, 0.15) is 12.0 Å². The summed E-state index contributed by atoms with van der Waals surface area (Å²) in [5, 5.41) is 20.3. The van der Waals surface area contributed by atoms with Gasteiger partial charge in [-0.1, -0.05) is 43.7 Å². The fourth-order valence-electron chi connectivity index (χ4n) is 3.42. The summed E-state index contributed by atoms with van der Waals surface area (Å²) in [4.78, 5) is 25.1. The van der Waals surface area contributed by atoms with Gasteiger partial charge in [0.25, 0.3) is 0 Å². The summed E-state index contributed by atoms with van der Waals surface area (Å²) in [7, 11) is 0. The van der Waals surface area contributed by atoms with Gasteiger partial charge < -0.3 is 14.9 Å². The molecule has 0 radical (unpaired) electrons. The van der Waals surface area contributed by atoms with Crippen LogP contribution < -0.4 is 0 Å². The fourth-order valence-corrected chi connectivity index (χ4v) is 3.42. The van der Waals surface area contributed by atoms with Crippen molar-refractivity contribution in [2.24, 2.45) is 11.8 Å². The first-order chi connectivity index (χ1) is 12.0. The first kappa shape index (κ1) is 22.3. The Morgan fingerprint density at radius 3 is 2.46 bits per heavy atom. The zero-order chi connectivity index (χ0) is 20.1. The number of esters is 1. The Hall–Kier alpha value is -1.72. The molecule has 5 heteroatoms. The third-order valence-corrected chi connectivity index (χ3v) is 4.76. The van der Waals surface area contributed by atoms with Crippen LogP contribution in [0.2, 0.25) is 0 Å². The molecule has 0 amide bonds. The van der Waals surface area contributed by atoms with E-state index in [0.29, 0.717) is 12.8 Å². The number of ether oxygens (including phenoxy) is 1. The smallest absolute Gasteiger partial charge is 0.316 e. The van der Waals surface area contributed by atoms with Crippen LogP contribution in [0.15, 0.2) is 35.5 Å². The van der Waals surface area contributed by atoms with Crippen molar-refractivity contribution in [3.63, 3.8) is 0 Å². The summed E-state index contributed by atoms with van der Waals surface area (Å²) in [5.74, 6) is -2.42. The molecule has 0 saturated heterocycles. The first-order valence-corrected chi connectivity index (χ1v) is 9.15. The maximum atomic E-state index is 12.7. The molecule has 0 aromatic heterocycles. The van der Waals surface area contributed by atoms with E-state index in [1.54, 1.807) is 6.92 Å². The molecule has 0 aromatic carbocycles. The monoisotopic (exact) mass is 364 g/mol. The van der Waals surface area contributed by atoms with Gasteiger partial charge in [0.2, 0.25) is 0 Å². The largest absolute Gasteiger partial charge is 0.457 e. The lowest BCUT2D eigenvalue weighted by Gasteiger charge is -2.28. The van der Waals surface area contributed by atoms with Crippen molar-refractivity contribution < 1.29 is 24.5 Å². The molecule has 2 N–H and O–H groups in total. The summed E-state index contributed by atoms with van der Waals surface area (Å²) in [5.41, 5.74) is 0.576. The second kappa shape index (κ2) is 9.28. The molecule has 146 valence electrons. The molecule has 0 fully saturated rings. The molecular weight excluding hydrogens is 332 g/mol. The maximum absolute atomic E-state index is 12.7. The summed E-state index contributed by atoms with van der Waals surface area (Å²) in [6.07, 6.45) is 4.70. The Labute approximate surface area is 156 Å². The number of carbonyl (C=O) groups excluding carboxylic acids is 2. The summed E-state index contributed by atoms with van der Waals surface area (Å²) >= 11 is 0. The summed E-state index contributed by atoms with van der Waals surface area (Å²) < 4.78 is 5.50. The molecule has 0 aliphatic carbocycles. The minimum atomic E-state index is -1.99. The van der Waals surface area contributed by atoms with Crippen molar-refractivity contribution in [1.82, 2.24) is 0 Å². The highest BCUT2D eigenvalue weighted by atomic mass is 16.5. The molecule has 1 aliphatic heterocycles. The van der Waals surface area contributed by atoms with Gasteiger partial charge in [-0.2, -0.15) is 0 Å². The van der Waals surface area contributed by atoms with E-state index in [4.69, 9.17) is 4.74 Å². The van der Waals surface area contributed by atoms with Crippen LogP contribution >= 0.6 is 0 Å². The predicted octanol–water partition coefficient (Wildman–Crippen LogP) is 3.12. The van der Waals surface area contributed by atoms with Gasteiger partial charge in [-0.05, 0) is 45.1 Å². The van der Waals surface area contributed by atoms with E-state index < -0.39 is 36.0 Å². The van der Waals surface area contributed by atoms with Gasteiger partial charge in [0.15, 0.2) is 11.4 Å². The van der Waals surface area contributed by atoms with E-state index >= 15 is 0 Å². The highest BCUT2D eigenvalue weighted by Crippen LogP contribution is 2.26. The van der Waals surface area contributed by atoms with Crippen LogP contribution in [0, 0.1) is 11.8 Å². The molecule has 5 nitrogen and oxygen atoms in total. The second-order valence-electron chi connectivity index (χ2n) is 7.53. The third kappa shape index (κ3) is 5.64. The molecule has 1 heterocycles. The van der Waals surface area contributed by atoms with Crippen LogP contribution in [0.1, 0.15) is 53.9 Å². The standard InChI is InChI=1S/C21H32O5/c1-7-18-16(5)10-14(3)8-13(2)9-15(4)11-21(25,12-22)19(23)17(6)20(24)26-18/h9-10,13,17-18,22,25H,3,7-8,11-12H2,1-2,4-6H3/b15-9+,16-10+/t13-,17+,18-,21-/m1/s1. The molecule has 0 bridgehead atoms. The first-order valence-electron chi connectivity index (χ1n) is 9.15. The molecule has 0 aromatic rings. The minimum Gasteiger partial charge on any atom is -0.457 e. The Morgan fingerprint density at radius 1 is 1.31 bits per heavy atom. The highest BCUT2D eigenvalue weighted by molar-refractivity contribution is 6.03. The number of hydrogen-bond donors (Lipinski definition) is 2. The van der Waals surface area contributed by atoms with Crippen molar-refractivity contribution in [2.45, 2.75) is 65.6 Å². The van der Waals surface area contributed by atoms with E-state index in [9.17, 15) is 19.8 Å². The fraction of sp³-hybridized carbons (Fsp3) is 0.619. The molecule has 0 spiro atoms. The lowest BCUT2D eigenvalue weighted by molar-refractivity contribution is -0.161. The van der Waals surface area contributed by atoms with E-state index in [2.05, 4.69) is 6.58 Å². The SMILES string of the molecule is C=C1/C=C(\C)[C@@H](CC)OC(=O)[C@@H](C)C(=O)[C@](O)(CO)C/C(C)=C/[C@H](C)C1. The van der Waals surface area contributed by atoms with Crippen LogP contribution in [-0.2, 0) is 14.3 Å². The molecule has 1 rings (SSSR count). The van der Waals surface area contributed by atoms with Crippen LogP contribution in [0.3, 0.4) is 0 Å². The quantitative estimate of drug-likeness (QED) is 0.447. The van der Waals surface area contributed by atoms with Gasteiger partial charge >= 0.3 is 5.97 Å². The van der Waals surface area contributed by atoms with E-state index in [0.717, 1.165) is 16.7 Å². The highest BCUT2D eigenvalue weighted by Gasteiger charge is 2.42. The van der Waals surface area contributed by atoms with Gasteiger partial charge in [-0.3, -0.25) is 9.59 Å². The zero-order valence-electron chi connectivity index (χ0n) is 16.5. The van der Waals surface area contributed by atoms with Gasteiger partial charge in [0.05, 0.1) is 6.61 Å². The van der Waals surface area contributed by atoms with Crippen molar-refractivity contribution in [3.8, 4) is 0 Å². The molecular formula is C21H32O5. The summed E-state index contributed by atoms with van der Waals surface area (Å²) in [6, 6.07) is 0. The van der Waals surface area contributed by atoms with Crippen LogP contribution in [0.4, 0.5) is 0 Å². The molecule has 4 atom stereocenters.